The number of carbonyl (C=O) groups is 1. The first-order chi connectivity index (χ1) is 17.9. The van der Waals surface area contributed by atoms with E-state index in [4.69, 9.17) is 14.9 Å². The number of nitrogens with two attached hydrogens (primary N) is 1. The molecule has 0 saturated heterocycles. The molecule has 10 nitrogen and oxygen atoms in total. The van der Waals surface area contributed by atoms with Crippen LogP contribution in [0.15, 0.2) is 35.5 Å². The van der Waals surface area contributed by atoms with Crippen LogP contribution in [-0.2, 0) is 14.8 Å². The largest absolute Gasteiger partial charge is 0.447 e. The van der Waals surface area contributed by atoms with Gasteiger partial charge in [-0.2, -0.15) is 13.9 Å². The second-order valence-electron chi connectivity index (χ2n) is 9.48. The molecule has 1 aromatic carbocycles. The van der Waals surface area contributed by atoms with Crippen molar-refractivity contribution in [2.24, 2.45) is 5.14 Å². The van der Waals surface area contributed by atoms with Gasteiger partial charge in [0.05, 0.1) is 44.7 Å². The number of rotatable bonds is 8. The highest BCUT2D eigenvalue weighted by atomic mass is 32.2. The molecule has 0 spiro atoms. The number of anilines is 2. The van der Waals surface area contributed by atoms with Gasteiger partial charge in [0.1, 0.15) is 0 Å². The maximum absolute atomic E-state index is 12.8. The van der Waals surface area contributed by atoms with Gasteiger partial charge in [0.15, 0.2) is 0 Å². The van der Waals surface area contributed by atoms with Crippen molar-refractivity contribution in [3.8, 4) is 10.4 Å². The van der Waals surface area contributed by atoms with Gasteiger partial charge >= 0.3 is 12.6 Å². The Balaban J connectivity index is 1.52. The van der Waals surface area contributed by atoms with E-state index in [-0.39, 0.29) is 28.6 Å². The first-order valence-electron chi connectivity index (χ1n) is 12.1. The molecule has 0 aliphatic heterocycles. The lowest BCUT2D eigenvalue weighted by atomic mass is 9.86. The lowest BCUT2D eigenvalue weighted by Gasteiger charge is -2.28. The topological polar surface area (TPSA) is 141 Å². The highest BCUT2D eigenvalue weighted by molar-refractivity contribution is 7.89. The third kappa shape index (κ3) is 6.66. The molecule has 4 rings (SSSR count). The molecule has 2 heterocycles. The number of aryl methyl sites for hydroxylation is 1. The van der Waals surface area contributed by atoms with Gasteiger partial charge in [0.2, 0.25) is 10.0 Å². The standard InChI is InChI=1S/C24H30F2N6O4S2/c1-13(2)36-24(33)31-16-6-4-15(5-7-16)22-29-14(3)21(37-22)19-9-8-17(10-20(19)38(27,34)35)30-18-11-28-32(12-18)23(25)26/h8-13,15-16,23,30H,4-7H2,1-3H3,(H,31,33)(H2,27,34,35). The van der Waals surface area contributed by atoms with Crippen LogP contribution in [0.25, 0.3) is 10.4 Å². The summed E-state index contributed by atoms with van der Waals surface area (Å²) in [5.74, 6) is 0.192. The van der Waals surface area contributed by atoms with E-state index in [9.17, 15) is 22.0 Å². The number of primary sulfonamides is 1. The number of nitrogens with one attached hydrogen (secondary N) is 2. The summed E-state index contributed by atoms with van der Waals surface area (Å²) in [5.41, 5.74) is 1.75. The van der Waals surface area contributed by atoms with Crippen molar-refractivity contribution in [3.05, 3.63) is 41.3 Å². The average molecular weight is 569 g/mol. The molecule has 1 amide bonds. The summed E-state index contributed by atoms with van der Waals surface area (Å²) in [5, 5.41) is 15.8. The Kier molecular flexibility index (Phi) is 8.33. The summed E-state index contributed by atoms with van der Waals surface area (Å²) in [6, 6.07) is 4.69. The Morgan fingerprint density at radius 3 is 2.53 bits per heavy atom. The predicted molar refractivity (Wildman–Crippen MR) is 140 cm³/mol. The maximum Gasteiger partial charge on any atom is 0.407 e. The summed E-state index contributed by atoms with van der Waals surface area (Å²) in [6.07, 6.45) is 4.98. The number of sulfonamides is 1. The Hall–Kier alpha value is -3.10. The van der Waals surface area contributed by atoms with Gasteiger partial charge in [0, 0.05) is 23.2 Å². The minimum atomic E-state index is -4.12. The van der Waals surface area contributed by atoms with E-state index in [2.05, 4.69) is 15.7 Å². The molecule has 4 N–H and O–H groups in total. The highest BCUT2D eigenvalue weighted by Gasteiger charge is 2.28. The molecule has 38 heavy (non-hydrogen) atoms. The molecule has 0 atom stereocenters. The van der Waals surface area contributed by atoms with Gasteiger partial charge in [-0.1, -0.05) is 6.07 Å². The molecule has 2 aromatic heterocycles. The van der Waals surface area contributed by atoms with Gasteiger partial charge in [-0.15, -0.1) is 11.3 Å². The third-order valence-electron chi connectivity index (χ3n) is 6.18. The van der Waals surface area contributed by atoms with Crippen LogP contribution in [0.5, 0.6) is 0 Å². The number of benzene rings is 1. The van der Waals surface area contributed by atoms with Crippen molar-refractivity contribution in [1.29, 1.82) is 0 Å². The molecular weight excluding hydrogens is 538 g/mol. The van der Waals surface area contributed by atoms with Crippen molar-refractivity contribution in [2.45, 2.75) is 76.0 Å². The van der Waals surface area contributed by atoms with Gasteiger partial charge in [-0.25, -0.2) is 28.0 Å². The second-order valence-corrected chi connectivity index (χ2v) is 12.0. The zero-order chi connectivity index (χ0) is 27.6. The summed E-state index contributed by atoms with van der Waals surface area (Å²) in [6.45, 7) is 2.64. The molecule has 1 saturated carbocycles. The Labute approximate surface area is 223 Å². The minimum Gasteiger partial charge on any atom is -0.447 e. The second kappa shape index (κ2) is 11.3. The average Bonchev–Trinajstić information content (AvgIpc) is 3.45. The number of hydrogen-bond donors (Lipinski definition) is 3. The number of ether oxygens (including phenoxy) is 1. The predicted octanol–water partition coefficient (Wildman–Crippen LogP) is 5.26. The summed E-state index contributed by atoms with van der Waals surface area (Å²) in [7, 11) is -4.12. The van der Waals surface area contributed by atoms with Crippen molar-refractivity contribution in [3.63, 3.8) is 0 Å². The number of alkyl halides is 2. The molecule has 206 valence electrons. The number of thiazole rings is 1. The van der Waals surface area contributed by atoms with Crippen LogP contribution in [0.2, 0.25) is 0 Å². The molecule has 0 bridgehead atoms. The number of halogens is 2. The van der Waals surface area contributed by atoms with Gasteiger partial charge in [0.25, 0.3) is 0 Å². The smallest absolute Gasteiger partial charge is 0.407 e. The van der Waals surface area contributed by atoms with E-state index in [1.54, 1.807) is 26.0 Å². The van der Waals surface area contributed by atoms with Crippen LogP contribution >= 0.6 is 11.3 Å². The molecule has 1 fully saturated rings. The zero-order valence-corrected chi connectivity index (χ0v) is 22.8. The normalized spacial score (nSPS) is 18.1. The number of aromatic nitrogens is 3. The SMILES string of the molecule is Cc1nc(C2CCC(NC(=O)OC(C)C)CC2)sc1-c1ccc(Nc2cnn(C(F)F)c2)cc1S(N)(=O)=O. The van der Waals surface area contributed by atoms with Gasteiger partial charge in [-0.05, 0) is 58.6 Å². The Morgan fingerprint density at radius 1 is 1.21 bits per heavy atom. The highest BCUT2D eigenvalue weighted by Crippen LogP contribution is 2.41. The molecule has 14 heteroatoms. The van der Waals surface area contributed by atoms with E-state index < -0.39 is 22.7 Å². The van der Waals surface area contributed by atoms with E-state index >= 15 is 0 Å². The molecule has 3 aromatic rings. The van der Waals surface area contributed by atoms with Crippen LogP contribution < -0.4 is 15.8 Å². The number of amides is 1. The summed E-state index contributed by atoms with van der Waals surface area (Å²) >= 11 is 1.43. The van der Waals surface area contributed by atoms with Gasteiger partial charge in [-0.3, -0.25) is 0 Å². The van der Waals surface area contributed by atoms with Crippen LogP contribution in [0, 0.1) is 6.92 Å². The lowest BCUT2D eigenvalue weighted by Crippen LogP contribution is -2.38. The number of hydrogen-bond acceptors (Lipinski definition) is 8. The summed E-state index contributed by atoms with van der Waals surface area (Å²) < 4.78 is 56.3. The van der Waals surface area contributed by atoms with Crippen molar-refractivity contribution in [2.75, 3.05) is 5.32 Å². The molecule has 0 unspecified atom stereocenters. The number of nitrogens with zero attached hydrogens (tertiary/aromatic N) is 3. The molecule has 1 aliphatic rings. The fraction of sp³-hybridized carbons (Fsp3) is 0.458. The van der Waals surface area contributed by atoms with Crippen molar-refractivity contribution < 1.29 is 26.7 Å². The molecule has 1 aliphatic carbocycles. The Bertz CT molecular complexity index is 1400. The van der Waals surface area contributed by atoms with E-state index in [0.29, 0.717) is 26.5 Å². The van der Waals surface area contributed by atoms with Crippen LogP contribution in [0.3, 0.4) is 0 Å². The fourth-order valence-electron chi connectivity index (χ4n) is 4.44. The first-order valence-corrected chi connectivity index (χ1v) is 14.5. The fourth-order valence-corrected chi connectivity index (χ4v) is 6.55. The van der Waals surface area contributed by atoms with E-state index in [1.165, 1.54) is 23.6 Å². The number of carbonyl (C=O) groups excluding carboxylic acids is 1. The quantitative estimate of drug-likeness (QED) is 0.336. The zero-order valence-electron chi connectivity index (χ0n) is 21.1. The molecule has 0 radical (unpaired) electrons. The van der Waals surface area contributed by atoms with Gasteiger partial charge < -0.3 is 15.4 Å². The maximum atomic E-state index is 12.8. The third-order valence-corrected chi connectivity index (χ3v) is 8.48. The monoisotopic (exact) mass is 568 g/mol. The van der Waals surface area contributed by atoms with E-state index in [0.717, 1.165) is 36.9 Å². The minimum absolute atomic E-state index is 0.0415. The molecular formula is C24H30F2N6O4S2. The summed E-state index contributed by atoms with van der Waals surface area (Å²) in [4.78, 5) is 17.2. The van der Waals surface area contributed by atoms with Crippen LogP contribution in [-0.4, -0.2) is 41.4 Å². The first kappa shape index (κ1) is 27.9. The van der Waals surface area contributed by atoms with Crippen molar-refractivity contribution >= 4 is 38.8 Å². The van der Waals surface area contributed by atoms with Crippen LogP contribution in [0.1, 0.15) is 62.7 Å². The lowest BCUT2D eigenvalue weighted by molar-refractivity contribution is 0.0566. The Morgan fingerprint density at radius 2 is 1.92 bits per heavy atom. The van der Waals surface area contributed by atoms with Crippen molar-refractivity contribution in [1.82, 2.24) is 20.1 Å². The van der Waals surface area contributed by atoms with Crippen LogP contribution in [0.4, 0.5) is 25.0 Å². The van der Waals surface area contributed by atoms with E-state index in [1.807, 2.05) is 6.92 Å². The number of alkyl carbamates (subject to hydrolysis) is 1.